The lowest BCUT2D eigenvalue weighted by molar-refractivity contribution is -0.119. The highest BCUT2D eigenvalue weighted by atomic mass is 35.5. The monoisotopic (exact) mass is 242 g/mol. The van der Waals surface area contributed by atoms with Gasteiger partial charge in [0.15, 0.2) is 0 Å². The van der Waals surface area contributed by atoms with E-state index < -0.39 is 11.9 Å². The zero-order chi connectivity index (χ0) is 11.7. The molecule has 1 aromatic heterocycles. The van der Waals surface area contributed by atoms with Gasteiger partial charge < -0.3 is 11.1 Å². The molecule has 2 unspecified atom stereocenters. The molecule has 3 N–H and O–H groups in total. The first-order valence-corrected chi connectivity index (χ1v) is 5.24. The highest BCUT2D eigenvalue weighted by molar-refractivity contribution is 6.29. The Morgan fingerprint density at radius 2 is 2.38 bits per heavy atom. The maximum atomic E-state index is 11.5. The molecule has 1 aliphatic rings. The second kappa shape index (κ2) is 4.23. The Morgan fingerprint density at radius 1 is 1.62 bits per heavy atom. The number of nitrogens with one attached hydrogen (secondary N) is 1. The molecule has 6 nitrogen and oxygen atoms in total. The van der Waals surface area contributed by atoms with Crippen LogP contribution in [0.1, 0.15) is 12.5 Å². The molecular formula is C9H11ClN4O2. The van der Waals surface area contributed by atoms with Crippen LogP contribution in [0.25, 0.3) is 0 Å². The molecule has 7 heteroatoms. The molecule has 1 saturated heterocycles. The van der Waals surface area contributed by atoms with Gasteiger partial charge >= 0.3 is 0 Å². The molecule has 0 bridgehead atoms. The molecule has 1 aromatic rings. The SMILES string of the molecule is NC(=O)C1CC(n2nc(Cl)ccc2=O)CN1. The molecule has 16 heavy (non-hydrogen) atoms. The van der Waals surface area contributed by atoms with Gasteiger partial charge in [0, 0.05) is 12.6 Å². The van der Waals surface area contributed by atoms with Gasteiger partial charge in [0.25, 0.3) is 5.56 Å². The third-order valence-electron chi connectivity index (χ3n) is 2.59. The van der Waals surface area contributed by atoms with E-state index in [9.17, 15) is 9.59 Å². The number of nitrogens with two attached hydrogens (primary N) is 1. The first kappa shape index (κ1) is 11.1. The molecule has 2 atom stereocenters. The summed E-state index contributed by atoms with van der Waals surface area (Å²) >= 11 is 5.71. The quantitative estimate of drug-likeness (QED) is 0.717. The Kier molecular flexibility index (Phi) is 2.93. The second-order valence-corrected chi connectivity index (χ2v) is 4.08. The standard InChI is InChI=1S/C9H11ClN4O2/c10-7-1-2-8(15)14(13-7)5-3-6(9(11)16)12-4-5/h1-2,5-6,12H,3-4H2,(H2,11,16). The molecule has 86 valence electrons. The summed E-state index contributed by atoms with van der Waals surface area (Å²) in [5.74, 6) is -0.419. The lowest BCUT2D eigenvalue weighted by atomic mass is 10.1. The van der Waals surface area contributed by atoms with Crippen molar-refractivity contribution in [1.29, 1.82) is 0 Å². The normalized spacial score (nSPS) is 24.6. The number of primary amides is 1. The number of hydrogen-bond acceptors (Lipinski definition) is 4. The first-order chi connectivity index (χ1) is 7.58. The van der Waals surface area contributed by atoms with Crippen molar-refractivity contribution in [2.75, 3.05) is 6.54 Å². The minimum Gasteiger partial charge on any atom is -0.368 e. The summed E-state index contributed by atoms with van der Waals surface area (Å²) in [6, 6.07) is 2.21. The molecule has 2 heterocycles. The zero-order valence-electron chi connectivity index (χ0n) is 8.39. The molecular weight excluding hydrogens is 232 g/mol. The minimum atomic E-state index is -0.419. The van der Waals surface area contributed by atoms with E-state index in [0.29, 0.717) is 13.0 Å². The average molecular weight is 243 g/mol. The van der Waals surface area contributed by atoms with Crippen LogP contribution in [0.4, 0.5) is 0 Å². The van der Waals surface area contributed by atoms with Crippen molar-refractivity contribution in [3.8, 4) is 0 Å². The average Bonchev–Trinajstić information content (AvgIpc) is 2.70. The van der Waals surface area contributed by atoms with Gasteiger partial charge in [-0.25, -0.2) is 4.68 Å². The molecule has 0 radical (unpaired) electrons. The summed E-state index contributed by atoms with van der Waals surface area (Å²) in [4.78, 5) is 22.5. The van der Waals surface area contributed by atoms with Crippen LogP contribution in [0.3, 0.4) is 0 Å². The Balaban J connectivity index is 2.23. The van der Waals surface area contributed by atoms with Gasteiger partial charge in [-0.1, -0.05) is 11.6 Å². The molecule has 0 aromatic carbocycles. The fourth-order valence-corrected chi connectivity index (χ4v) is 1.93. The zero-order valence-corrected chi connectivity index (χ0v) is 9.15. The van der Waals surface area contributed by atoms with E-state index in [-0.39, 0.29) is 16.8 Å². The van der Waals surface area contributed by atoms with Gasteiger partial charge in [0.05, 0.1) is 12.1 Å². The van der Waals surface area contributed by atoms with Crippen molar-refractivity contribution in [2.24, 2.45) is 5.73 Å². The summed E-state index contributed by atoms with van der Waals surface area (Å²) in [5, 5.41) is 7.11. The highest BCUT2D eigenvalue weighted by Crippen LogP contribution is 2.17. The lowest BCUT2D eigenvalue weighted by Crippen LogP contribution is -2.36. The number of rotatable bonds is 2. The third kappa shape index (κ3) is 2.07. The van der Waals surface area contributed by atoms with E-state index in [1.165, 1.54) is 16.8 Å². The van der Waals surface area contributed by atoms with Crippen molar-refractivity contribution < 1.29 is 4.79 Å². The summed E-state index contributed by atoms with van der Waals surface area (Å²) in [5.41, 5.74) is 4.94. The first-order valence-electron chi connectivity index (χ1n) is 4.86. The van der Waals surface area contributed by atoms with Crippen LogP contribution in [0.5, 0.6) is 0 Å². The van der Waals surface area contributed by atoms with E-state index in [0.717, 1.165) is 0 Å². The van der Waals surface area contributed by atoms with Crippen LogP contribution in [0, 0.1) is 0 Å². The fourth-order valence-electron chi connectivity index (χ4n) is 1.78. The number of carbonyl (C=O) groups excluding carboxylic acids is 1. The summed E-state index contributed by atoms with van der Waals surface area (Å²) in [6.07, 6.45) is 0.461. The van der Waals surface area contributed by atoms with Crippen LogP contribution in [0.15, 0.2) is 16.9 Å². The van der Waals surface area contributed by atoms with Gasteiger partial charge in [-0.2, -0.15) is 5.10 Å². The number of hydrogen-bond donors (Lipinski definition) is 2. The topological polar surface area (TPSA) is 90.0 Å². The maximum Gasteiger partial charge on any atom is 0.267 e. The minimum absolute atomic E-state index is 0.177. The molecule has 0 spiro atoms. The Labute approximate surface area is 96.4 Å². The second-order valence-electron chi connectivity index (χ2n) is 3.69. The largest absolute Gasteiger partial charge is 0.368 e. The summed E-state index contributed by atoms with van der Waals surface area (Å²) in [6.45, 7) is 0.487. The van der Waals surface area contributed by atoms with Crippen LogP contribution in [-0.4, -0.2) is 28.3 Å². The highest BCUT2D eigenvalue weighted by Gasteiger charge is 2.30. The number of amides is 1. The Bertz CT molecular complexity index is 473. The molecule has 1 aliphatic heterocycles. The van der Waals surface area contributed by atoms with Crippen molar-refractivity contribution in [3.05, 3.63) is 27.6 Å². The summed E-state index contributed by atoms with van der Waals surface area (Å²) in [7, 11) is 0. The lowest BCUT2D eigenvalue weighted by Gasteiger charge is -2.10. The van der Waals surface area contributed by atoms with Gasteiger partial charge in [-0.15, -0.1) is 0 Å². The number of aromatic nitrogens is 2. The van der Waals surface area contributed by atoms with Crippen molar-refractivity contribution in [2.45, 2.75) is 18.5 Å². The Hall–Kier alpha value is -1.40. The fraction of sp³-hybridized carbons (Fsp3) is 0.444. The van der Waals surface area contributed by atoms with Crippen molar-refractivity contribution >= 4 is 17.5 Å². The maximum absolute atomic E-state index is 11.5. The molecule has 0 aliphatic carbocycles. The van der Waals surface area contributed by atoms with Crippen LogP contribution < -0.4 is 16.6 Å². The number of halogens is 1. The molecule has 1 amide bonds. The molecule has 0 saturated carbocycles. The van der Waals surface area contributed by atoms with E-state index in [4.69, 9.17) is 17.3 Å². The van der Waals surface area contributed by atoms with E-state index >= 15 is 0 Å². The summed E-state index contributed by atoms with van der Waals surface area (Å²) < 4.78 is 1.29. The van der Waals surface area contributed by atoms with Crippen LogP contribution >= 0.6 is 11.6 Å². The molecule has 1 fully saturated rings. The van der Waals surface area contributed by atoms with Gasteiger partial charge in [0.1, 0.15) is 5.15 Å². The van der Waals surface area contributed by atoms with Crippen molar-refractivity contribution in [1.82, 2.24) is 15.1 Å². The van der Waals surface area contributed by atoms with Gasteiger partial charge in [-0.3, -0.25) is 9.59 Å². The third-order valence-corrected chi connectivity index (χ3v) is 2.79. The number of carbonyl (C=O) groups is 1. The predicted octanol–water partition coefficient (Wildman–Crippen LogP) is -0.715. The molecule has 2 rings (SSSR count). The van der Waals surface area contributed by atoms with Gasteiger partial charge in [-0.05, 0) is 12.5 Å². The smallest absolute Gasteiger partial charge is 0.267 e. The van der Waals surface area contributed by atoms with Crippen LogP contribution in [-0.2, 0) is 4.79 Å². The van der Waals surface area contributed by atoms with Crippen molar-refractivity contribution in [3.63, 3.8) is 0 Å². The Morgan fingerprint density at radius 3 is 3.00 bits per heavy atom. The number of nitrogens with zero attached hydrogens (tertiary/aromatic N) is 2. The van der Waals surface area contributed by atoms with E-state index in [2.05, 4.69) is 10.4 Å². The van der Waals surface area contributed by atoms with E-state index in [1.807, 2.05) is 0 Å². The van der Waals surface area contributed by atoms with Gasteiger partial charge in [0.2, 0.25) is 5.91 Å². The predicted molar refractivity (Wildman–Crippen MR) is 58.1 cm³/mol. The van der Waals surface area contributed by atoms with Crippen LogP contribution in [0.2, 0.25) is 5.15 Å². The van der Waals surface area contributed by atoms with E-state index in [1.54, 1.807) is 0 Å².